The van der Waals surface area contributed by atoms with Crippen LogP contribution in [-0.2, 0) is 24.9 Å². The van der Waals surface area contributed by atoms with Gasteiger partial charge in [-0.25, -0.2) is 4.79 Å². The molecule has 48 heavy (non-hydrogen) atoms. The molecule has 0 aliphatic carbocycles. The lowest BCUT2D eigenvalue weighted by atomic mass is 9.96. The van der Waals surface area contributed by atoms with Gasteiger partial charge in [0.1, 0.15) is 11.4 Å². The van der Waals surface area contributed by atoms with Gasteiger partial charge in [-0.3, -0.25) is 14.6 Å². The van der Waals surface area contributed by atoms with Crippen LogP contribution >= 0.6 is 23.4 Å². The lowest BCUT2D eigenvalue weighted by Crippen LogP contribution is -2.27. The van der Waals surface area contributed by atoms with Gasteiger partial charge in [0.2, 0.25) is 0 Å². The Morgan fingerprint density at radius 1 is 1.06 bits per heavy atom. The molecule has 1 unspecified atom stereocenters. The Labute approximate surface area is 290 Å². The number of esters is 1. The van der Waals surface area contributed by atoms with Gasteiger partial charge < -0.3 is 14.0 Å². The Balaban J connectivity index is 1.36. The molecule has 2 aromatic heterocycles. The van der Waals surface area contributed by atoms with Crippen LogP contribution in [0.2, 0.25) is 5.02 Å². The molecule has 5 aromatic rings. The van der Waals surface area contributed by atoms with Crippen molar-refractivity contribution in [2.24, 2.45) is 12.1 Å². The molecule has 0 radical (unpaired) electrons. The van der Waals surface area contributed by atoms with Crippen molar-refractivity contribution in [3.63, 3.8) is 0 Å². The zero-order chi connectivity index (χ0) is 33.7. The van der Waals surface area contributed by atoms with E-state index in [9.17, 15) is 4.79 Å². The van der Waals surface area contributed by atoms with E-state index < -0.39 is 0 Å². The van der Waals surface area contributed by atoms with Gasteiger partial charge in [-0.15, -0.1) is 11.8 Å². The number of aryl methyl sites for hydroxylation is 3. The number of nitrogens with zero attached hydrogens (tertiary/aromatic N) is 6. The van der Waals surface area contributed by atoms with Gasteiger partial charge in [-0.2, -0.15) is 10.2 Å². The number of fused-ring (bicyclic) bond motifs is 8. The average Bonchev–Trinajstić information content (AvgIpc) is 3.66. The van der Waals surface area contributed by atoms with Gasteiger partial charge in [-0.05, 0) is 62.5 Å². The second-order valence-electron chi connectivity index (χ2n) is 12.9. The number of thioether (sulfide) groups is 1. The van der Waals surface area contributed by atoms with Crippen LogP contribution in [0, 0.1) is 13.8 Å². The lowest BCUT2D eigenvalue weighted by molar-refractivity contribution is 0.0587. The molecule has 0 amide bonds. The van der Waals surface area contributed by atoms with Crippen molar-refractivity contribution in [3.05, 3.63) is 76.2 Å². The normalized spacial score (nSPS) is 17.7. The molecule has 8 bridgehead atoms. The van der Waals surface area contributed by atoms with Gasteiger partial charge in [0.25, 0.3) is 0 Å². The number of aromatic nitrogens is 3. The molecule has 2 aliphatic heterocycles. The molecular weight excluding hydrogens is 644 g/mol. The maximum Gasteiger partial charge on any atom is 0.354 e. The summed E-state index contributed by atoms with van der Waals surface area (Å²) in [7, 11) is 7.59. The van der Waals surface area contributed by atoms with Crippen LogP contribution in [0.25, 0.3) is 32.8 Å². The highest BCUT2D eigenvalue weighted by molar-refractivity contribution is 7.99. The molecule has 3 aromatic carbocycles. The third-order valence-electron chi connectivity index (χ3n) is 9.65. The minimum Gasteiger partial charge on any atom is -0.493 e. The number of hydrogen-bond acceptors (Lipinski definition) is 8. The Hall–Kier alpha value is -3.99. The minimum atomic E-state index is -0.375. The number of methoxy groups -OCH3 is 1. The molecule has 2 aliphatic rings. The largest absolute Gasteiger partial charge is 0.493 e. The Morgan fingerprint density at radius 2 is 1.88 bits per heavy atom. The first-order chi connectivity index (χ1) is 23.1. The quantitative estimate of drug-likeness (QED) is 0.171. The molecular formula is C37H41ClN6O3S. The Bertz CT molecular complexity index is 2080. The second-order valence-corrected chi connectivity index (χ2v) is 14.4. The van der Waals surface area contributed by atoms with Crippen molar-refractivity contribution in [3.8, 4) is 16.9 Å². The molecule has 11 heteroatoms. The van der Waals surface area contributed by atoms with Crippen LogP contribution in [0.15, 0.2) is 58.5 Å². The van der Waals surface area contributed by atoms with E-state index in [1.54, 1.807) is 0 Å². The van der Waals surface area contributed by atoms with Crippen molar-refractivity contribution in [1.82, 2.24) is 24.3 Å². The number of carbonyl (C=O) groups excluding carboxylic acids is 1. The van der Waals surface area contributed by atoms with E-state index in [0.717, 1.165) is 79.9 Å². The van der Waals surface area contributed by atoms with E-state index in [1.165, 1.54) is 12.0 Å². The number of benzene rings is 3. The minimum absolute atomic E-state index is 0.308. The van der Waals surface area contributed by atoms with Crippen molar-refractivity contribution < 1.29 is 14.3 Å². The number of ether oxygens (including phenoxy) is 2. The van der Waals surface area contributed by atoms with E-state index in [-0.39, 0.29) is 5.97 Å². The zero-order valence-electron chi connectivity index (χ0n) is 28.3. The molecule has 250 valence electrons. The van der Waals surface area contributed by atoms with Gasteiger partial charge >= 0.3 is 5.97 Å². The van der Waals surface area contributed by atoms with E-state index >= 15 is 0 Å². The number of hydrogen-bond donors (Lipinski definition) is 0. The molecule has 0 fully saturated rings. The van der Waals surface area contributed by atoms with Crippen LogP contribution < -0.4 is 4.74 Å². The molecule has 1 atom stereocenters. The molecule has 9 nitrogen and oxygen atoms in total. The molecule has 4 heterocycles. The molecule has 0 N–H and O–H groups in total. The van der Waals surface area contributed by atoms with E-state index in [0.29, 0.717) is 42.9 Å². The van der Waals surface area contributed by atoms with Gasteiger partial charge in [0.05, 0.1) is 31.2 Å². The maximum absolute atomic E-state index is 13.4. The third kappa shape index (κ3) is 5.84. The van der Waals surface area contributed by atoms with Crippen LogP contribution in [0.4, 0.5) is 0 Å². The average molecular weight is 685 g/mol. The lowest BCUT2D eigenvalue weighted by Gasteiger charge is -2.19. The fraction of sp³-hybridized carbons (Fsp3) is 0.378. The van der Waals surface area contributed by atoms with Gasteiger partial charge in [0.15, 0.2) is 0 Å². The summed E-state index contributed by atoms with van der Waals surface area (Å²) >= 11 is 8.93. The van der Waals surface area contributed by atoms with Crippen molar-refractivity contribution in [2.45, 2.75) is 50.7 Å². The van der Waals surface area contributed by atoms with Crippen molar-refractivity contribution in [1.29, 1.82) is 0 Å². The first kappa shape index (κ1) is 32.6. The highest BCUT2D eigenvalue weighted by atomic mass is 35.5. The van der Waals surface area contributed by atoms with Crippen LogP contribution in [0.3, 0.4) is 0 Å². The molecule has 7 rings (SSSR count). The zero-order valence-corrected chi connectivity index (χ0v) is 29.9. The summed E-state index contributed by atoms with van der Waals surface area (Å²) in [6.45, 7) is 6.46. The van der Waals surface area contributed by atoms with Gasteiger partial charge in [-0.1, -0.05) is 35.9 Å². The summed E-state index contributed by atoms with van der Waals surface area (Å²) in [4.78, 5) is 16.8. The Kier molecular flexibility index (Phi) is 8.91. The van der Waals surface area contributed by atoms with Crippen molar-refractivity contribution in [2.75, 3.05) is 40.1 Å². The summed E-state index contributed by atoms with van der Waals surface area (Å²) in [5.41, 5.74) is 7.29. The molecule has 0 spiro atoms. The first-order valence-corrected chi connectivity index (χ1v) is 17.7. The highest BCUT2D eigenvalue weighted by Gasteiger charge is 2.29. The second kappa shape index (κ2) is 13.1. The predicted octanol–water partition coefficient (Wildman–Crippen LogP) is 7.32. The maximum atomic E-state index is 13.4. The molecule has 0 saturated heterocycles. The van der Waals surface area contributed by atoms with E-state index in [1.807, 2.05) is 48.6 Å². The summed E-state index contributed by atoms with van der Waals surface area (Å²) in [5, 5.41) is 15.9. The number of rotatable bonds is 1. The number of hydrazone groups is 1. The third-order valence-corrected chi connectivity index (χ3v) is 11.1. The van der Waals surface area contributed by atoms with E-state index in [4.69, 9.17) is 31.3 Å². The molecule has 0 saturated carbocycles. The van der Waals surface area contributed by atoms with Crippen LogP contribution in [0.5, 0.6) is 5.75 Å². The number of halogens is 1. The topological polar surface area (TPSA) is 77.1 Å². The fourth-order valence-electron chi connectivity index (χ4n) is 7.25. The first-order valence-electron chi connectivity index (χ1n) is 16.3. The summed E-state index contributed by atoms with van der Waals surface area (Å²) < 4.78 is 15.8. The smallest absolute Gasteiger partial charge is 0.354 e. The summed E-state index contributed by atoms with van der Waals surface area (Å²) in [6.07, 6.45) is 1.60. The SMILES string of the molecule is COC(=O)c1c(C)c2c3c(Cl)ccc2n1CCCOc1cc(cc2ccccc12)SCC1CC(=NN1C)CN(C)Cc1nn(C)c(C)c1-3. The standard InChI is InChI=1S/C37H41ClN6O3S/c1-22-33-31-13-12-29(38)35(33)34-23(2)42(4)40-30(34)20-41(3)19-25-17-26(43(5)39-25)21-48-27-16-24-10-7-8-11-28(24)32(18-27)47-15-9-14-44(31)36(22)37(45)46-6/h7-8,10-13,16,18,26H,9,14-15,17,19-21H2,1-6H3. The summed E-state index contributed by atoms with van der Waals surface area (Å²) in [6, 6.07) is 17.0. The van der Waals surface area contributed by atoms with E-state index in [2.05, 4.69) is 65.8 Å². The van der Waals surface area contributed by atoms with Crippen molar-refractivity contribution >= 4 is 56.7 Å². The highest BCUT2D eigenvalue weighted by Crippen LogP contribution is 2.43. The van der Waals surface area contributed by atoms with Crippen LogP contribution in [0.1, 0.15) is 40.3 Å². The Morgan fingerprint density at radius 3 is 2.69 bits per heavy atom. The summed E-state index contributed by atoms with van der Waals surface area (Å²) in [5.74, 6) is 1.41. The fourth-order valence-corrected chi connectivity index (χ4v) is 8.62. The monoisotopic (exact) mass is 684 g/mol. The number of carbonyl (C=O) groups is 1. The van der Waals surface area contributed by atoms with Crippen LogP contribution in [-0.4, -0.2) is 82.1 Å². The van der Waals surface area contributed by atoms with Gasteiger partial charge in [0, 0.05) is 88.9 Å². The predicted molar refractivity (Wildman–Crippen MR) is 195 cm³/mol.